The molecule has 1 aromatic heterocycles. The first kappa shape index (κ1) is 30.7. The second-order valence-electron chi connectivity index (χ2n) is 9.41. The average Bonchev–Trinajstić information content (AvgIpc) is 3.20. The van der Waals surface area contributed by atoms with Crippen LogP contribution in [0.2, 0.25) is 5.02 Å². The van der Waals surface area contributed by atoms with Gasteiger partial charge in [0.05, 0.1) is 60.8 Å². The molecule has 0 bridgehead atoms. The first-order valence-corrected chi connectivity index (χ1v) is 14.7. The monoisotopic (exact) mass is 574 g/mol. The molecule has 1 heterocycles. The van der Waals surface area contributed by atoms with Crippen molar-refractivity contribution >= 4 is 36.1 Å². The van der Waals surface area contributed by atoms with Gasteiger partial charge in [0.1, 0.15) is 0 Å². The minimum absolute atomic E-state index is 0.0215. The van der Waals surface area contributed by atoms with E-state index >= 15 is 0 Å². The third kappa shape index (κ3) is 7.21. The molecular formula is C25H36ClN2O9P. The molecule has 212 valence electrons. The van der Waals surface area contributed by atoms with Crippen LogP contribution < -0.4 is 5.56 Å². The molecule has 0 spiro atoms. The predicted octanol–water partition coefficient (Wildman–Crippen LogP) is 4.29. The normalized spacial score (nSPS) is 21.1. The summed E-state index contributed by atoms with van der Waals surface area (Å²) in [6.07, 6.45) is 1.62. The molecule has 1 N–H and O–H groups in total. The van der Waals surface area contributed by atoms with Crippen LogP contribution in [-0.4, -0.2) is 64.8 Å². The summed E-state index contributed by atoms with van der Waals surface area (Å²) in [6, 6.07) is 4.53. The molecule has 1 unspecified atom stereocenters. The zero-order valence-electron chi connectivity index (χ0n) is 22.3. The van der Waals surface area contributed by atoms with Crippen LogP contribution in [-0.2, 0) is 32.6 Å². The Balaban J connectivity index is 1.89. The van der Waals surface area contributed by atoms with E-state index in [0.29, 0.717) is 18.4 Å². The summed E-state index contributed by atoms with van der Waals surface area (Å²) in [7, 11) is -3.98. The lowest BCUT2D eigenvalue weighted by Gasteiger charge is -2.28. The number of rotatable bonds is 13. The Bertz CT molecular complexity index is 1210. The van der Waals surface area contributed by atoms with Crippen LogP contribution in [0.4, 0.5) is 0 Å². The Labute approximate surface area is 226 Å². The fraction of sp³-hybridized carbons (Fsp3) is 0.640. The van der Waals surface area contributed by atoms with Crippen LogP contribution in [0.5, 0.6) is 0 Å². The third-order valence-corrected chi connectivity index (χ3v) is 8.50. The number of ether oxygens (including phenoxy) is 3. The largest absolute Gasteiger partial charge is 0.464 e. The van der Waals surface area contributed by atoms with Crippen molar-refractivity contribution in [3.8, 4) is 0 Å². The van der Waals surface area contributed by atoms with Gasteiger partial charge in [-0.15, -0.1) is 0 Å². The number of hydrogen-bond acceptors (Lipinski definition) is 10. The van der Waals surface area contributed by atoms with Gasteiger partial charge in [-0.05, 0) is 65.5 Å². The minimum atomic E-state index is -3.98. The van der Waals surface area contributed by atoms with Gasteiger partial charge in [-0.3, -0.25) is 13.9 Å². The zero-order chi connectivity index (χ0) is 28.1. The quantitative estimate of drug-likeness (QED) is 0.210. The third-order valence-electron chi connectivity index (χ3n) is 6.01. The maximum atomic E-state index is 13.4. The van der Waals surface area contributed by atoms with E-state index < -0.39 is 37.3 Å². The van der Waals surface area contributed by atoms with Gasteiger partial charge in [-0.2, -0.15) is 0 Å². The van der Waals surface area contributed by atoms with Gasteiger partial charge in [0.15, 0.2) is 5.79 Å². The maximum Gasteiger partial charge on any atom is 0.370 e. The van der Waals surface area contributed by atoms with Gasteiger partial charge in [0.25, 0.3) is 11.4 Å². The number of aromatic nitrogens is 2. The lowest BCUT2D eigenvalue weighted by molar-refractivity contribution is -0.211. The summed E-state index contributed by atoms with van der Waals surface area (Å²) in [5.74, 6) is -4.13. The van der Waals surface area contributed by atoms with Crippen molar-refractivity contribution in [3.63, 3.8) is 0 Å². The number of fused-ring (bicyclic) bond motifs is 1. The first-order chi connectivity index (χ1) is 17.9. The molecule has 11 nitrogen and oxygen atoms in total. The zero-order valence-corrected chi connectivity index (χ0v) is 23.9. The molecule has 13 heteroatoms. The molecule has 0 aliphatic heterocycles. The molecule has 0 amide bonds. The van der Waals surface area contributed by atoms with Crippen LogP contribution in [0.15, 0.2) is 29.3 Å². The van der Waals surface area contributed by atoms with Gasteiger partial charge < -0.3 is 28.4 Å². The number of carbonyl (C=O) groups excluding carboxylic acids is 1. The van der Waals surface area contributed by atoms with Gasteiger partial charge in [-0.1, -0.05) is 17.7 Å². The van der Waals surface area contributed by atoms with E-state index in [9.17, 15) is 19.3 Å². The van der Waals surface area contributed by atoms with Crippen LogP contribution in [0, 0.1) is 5.92 Å². The topological polar surface area (TPSA) is 135 Å². The van der Waals surface area contributed by atoms with Crippen molar-refractivity contribution in [2.45, 2.75) is 71.2 Å². The molecule has 1 aliphatic rings. The number of aliphatic hydroxyl groups is 1. The van der Waals surface area contributed by atoms with Gasteiger partial charge in [0, 0.05) is 0 Å². The van der Waals surface area contributed by atoms with Crippen molar-refractivity contribution in [2.24, 2.45) is 5.92 Å². The SMILES string of the molecule is CCOC(=O)C(OC[C@H]1C[C@@H](n2cnc3cccc(Cl)c3c2=O)[C@H](OC(C)(C)O)C1)P(=O)(OCC)OCC. The Hall–Kier alpha value is -1.85. The predicted molar refractivity (Wildman–Crippen MR) is 141 cm³/mol. The van der Waals surface area contributed by atoms with Gasteiger partial charge in [0.2, 0.25) is 0 Å². The number of hydrogen-bond donors (Lipinski definition) is 1. The van der Waals surface area contributed by atoms with E-state index in [1.54, 1.807) is 39.0 Å². The van der Waals surface area contributed by atoms with E-state index in [0.717, 1.165) is 0 Å². The van der Waals surface area contributed by atoms with Gasteiger partial charge in [-0.25, -0.2) is 9.78 Å². The number of esters is 1. The molecule has 3 rings (SSSR count). The fourth-order valence-corrected chi connectivity index (χ4v) is 6.55. The van der Waals surface area contributed by atoms with Crippen LogP contribution in [0.3, 0.4) is 0 Å². The van der Waals surface area contributed by atoms with Crippen molar-refractivity contribution in [1.29, 1.82) is 0 Å². The Morgan fingerprint density at radius 2 is 1.89 bits per heavy atom. The number of benzene rings is 1. The minimum Gasteiger partial charge on any atom is -0.464 e. The molecule has 1 fully saturated rings. The van der Waals surface area contributed by atoms with Crippen LogP contribution in [0.1, 0.15) is 53.5 Å². The summed E-state index contributed by atoms with van der Waals surface area (Å²) in [5, 5.41) is 11.0. The molecule has 38 heavy (non-hydrogen) atoms. The fourth-order valence-electron chi connectivity index (χ4n) is 4.64. The number of carbonyl (C=O) groups is 1. The molecule has 0 radical (unpaired) electrons. The van der Waals surface area contributed by atoms with E-state index in [2.05, 4.69) is 4.98 Å². The van der Waals surface area contributed by atoms with Crippen molar-refractivity contribution < 1.29 is 37.7 Å². The molecule has 1 aromatic carbocycles. The van der Waals surface area contributed by atoms with Crippen LogP contribution in [0.25, 0.3) is 10.9 Å². The highest BCUT2D eigenvalue weighted by Crippen LogP contribution is 2.54. The molecule has 1 saturated carbocycles. The second kappa shape index (κ2) is 13.0. The molecule has 4 atom stereocenters. The van der Waals surface area contributed by atoms with Crippen molar-refractivity contribution in [2.75, 3.05) is 26.4 Å². The van der Waals surface area contributed by atoms with E-state index in [1.807, 2.05) is 0 Å². The summed E-state index contributed by atoms with van der Waals surface area (Å²) >= 11 is 6.31. The van der Waals surface area contributed by atoms with E-state index in [1.165, 1.54) is 24.7 Å². The molecule has 1 aliphatic carbocycles. The summed E-state index contributed by atoms with van der Waals surface area (Å²) < 4.78 is 42.4. The average molecular weight is 575 g/mol. The summed E-state index contributed by atoms with van der Waals surface area (Å²) in [6.45, 7) is 8.03. The summed E-state index contributed by atoms with van der Waals surface area (Å²) in [5.41, 5.74) is 0.134. The highest BCUT2D eigenvalue weighted by atomic mass is 35.5. The Morgan fingerprint density at radius 3 is 2.50 bits per heavy atom. The molecule has 0 saturated heterocycles. The second-order valence-corrected chi connectivity index (χ2v) is 11.9. The number of halogens is 1. The lowest BCUT2D eigenvalue weighted by atomic mass is 10.1. The standard InChI is InChI=1S/C25H36ClN2O9P/c1-6-33-23(30)24(38(32,35-7-2)36-8-3)34-14-16-12-19(20(13-16)37-25(4,5)31)28-15-27-18-11-9-10-17(26)21(18)22(28)29/h9-11,15-16,19-20,24,31H,6-8,12-14H2,1-5H3/t16-,19+,20+,24?/m0/s1. The lowest BCUT2D eigenvalue weighted by Crippen LogP contribution is -2.36. The van der Waals surface area contributed by atoms with E-state index in [4.69, 9.17) is 34.9 Å². The maximum absolute atomic E-state index is 13.4. The first-order valence-electron chi connectivity index (χ1n) is 12.7. The van der Waals surface area contributed by atoms with Gasteiger partial charge >= 0.3 is 13.6 Å². The highest BCUT2D eigenvalue weighted by Gasteiger charge is 2.46. The Kier molecular flexibility index (Phi) is 10.5. The van der Waals surface area contributed by atoms with E-state index in [-0.39, 0.29) is 48.3 Å². The molecular weight excluding hydrogens is 539 g/mol. The van der Waals surface area contributed by atoms with Crippen LogP contribution >= 0.6 is 19.2 Å². The summed E-state index contributed by atoms with van der Waals surface area (Å²) in [4.78, 5) is 30.5. The Morgan fingerprint density at radius 1 is 1.21 bits per heavy atom. The number of nitrogens with zero attached hydrogens (tertiary/aromatic N) is 2. The highest BCUT2D eigenvalue weighted by molar-refractivity contribution is 7.55. The smallest absolute Gasteiger partial charge is 0.370 e. The van der Waals surface area contributed by atoms with Crippen molar-refractivity contribution in [1.82, 2.24) is 9.55 Å². The molecule has 2 aromatic rings. The van der Waals surface area contributed by atoms with Crippen molar-refractivity contribution in [3.05, 3.63) is 39.9 Å².